The predicted octanol–water partition coefficient (Wildman–Crippen LogP) is 12.5. The molecule has 10 aromatic rings. The number of hydrogen-bond donors (Lipinski definition) is 0. The van der Waals surface area contributed by atoms with Gasteiger partial charge in [0, 0.05) is 47.6 Å². The molecule has 10 rings (SSSR count). The average Bonchev–Trinajstić information content (AvgIpc) is 3.76. The van der Waals surface area contributed by atoms with Crippen LogP contribution in [0.5, 0.6) is 0 Å². The van der Waals surface area contributed by atoms with Gasteiger partial charge in [0.15, 0.2) is 17.5 Å². The molecule has 0 fully saturated rings. The summed E-state index contributed by atoms with van der Waals surface area (Å²) in [6.45, 7) is 0. The van der Waals surface area contributed by atoms with Gasteiger partial charge < -0.3 is 4.42 Å². The van der Waals surface area contributed by atoms with Crippen molar-refractivity contribution in [1.29, 1.82) is 0 Å². The van der Waals surface area contributed by atoms with Crippen molar-refractivity contribution in [3.8, 4) is 56.4 Å². The third kappa shape index (κ3) is 4.87. The highest BCUT2D eigenvalue weighted by atomic mass is 32.1. The van der Waals surface area contributed by atoms with Crippen molar-refractivity contribution in [3.63, 3.8) is 0 Å². The molecular weight excluding hydrogens is 631 g/mol. The van der Waals surface area contributed by atoms with Gasteiger partial charge in [-0.2, -0.15) is 0 Å². The minimum Gasteiger partial charge on any atom is -0.456 e. The lowest BCUT2D eigenvalue weighted by molar-refractivity contribution is 0.669. The van der Waals surface area contributed by atoms with Gasteiger partial charge in [-0.1, -0.05) is 121 Å². The van der Waals surface area contributed by atoms with Crippen LogP contribution in [0.1, 0.15) is 0 Å². The first-order chi connectivity index (χ1) is 24.7. The SMILES string of the molecule is c1ccc(-c2cccc(-c3cccc(-c4nc(-c5ccc6c(c5)oc5ccccc56)nc(-c5cccc6sc7ccccc7c56)n4)c3)c2)cc1. The standard InChI is InChI=1S/C45H27N3OS/c1-2-11-28(12-3-1)29-13-8-14-30(25-29)31-15-9-16-32(26-31)43-46-44(33-23-24-35-34-17-4-6-20-38(34)49-39(35)27-33)48-45(47-43)37-19-10-22-41-42(37)36-18-5-7-21-40(36)50-41/h1-27H. The number of thiophene rings is 1. The van der Waals surface area contributed by atoms with E-state index >= 15 is 0 Å². The Labute approximate surface area is 292 Å². The summed E-state index contributed by atoms with van der Waals surface area (Å²) in [5.41, 5.74) is 9.04. The van der Waals surface area contributed by atoms with Crippen LogP contribution in [0.2, 0.25) is 0 Å². The number of furan rings is 1. The van der Waals surface area contributed by atoms with E-state index in [-0.39, 0.29) is 0 Å². The van der Waals surface area contributed by atoms with Crippen LogP contribution >= 0.6 is 11.3 Å². The predicted molar refractivity (Wildman–Crippen MR) is 207 cm³/mol. The molecule has 5 heteroatoms. The molecule has 3 heterocycles. The molecular formula is C45H27N3OS. The highest BCUT2D eigenvalue weighted by molar-refractivity contribution is 7.25. The van der Waals surface area contributed by atoms with E-state index in [4.69, 9.17) is 19.4 Å². The van der Waals surface area contributed by atoms with Crippen molar-refractivity contribution >= 4 is 53.4 Å². The molecule has 0 aliphatic carbocycles. The Morgan fingerprint density at radius 2 is 0.920 bits per heavy atom. The number of aromatic nitrogens is 3. The van der Waals surface area contributed by atoms with Gasteiger partial charge >= 0.3 is 0 Å². The fourth-order valence-corrected chi connectivity index (χ4v) is 8.06. The smallest absolute Gasteiger partial charge is 0.164 e. The van der Waals surface area contributed by atoms with Gasteiger partial charge in [-0.15, -0.1) is 11.3 Å². The monoisotopic (exact) mass is 657 g/mol. The zero-order valence-corrected chi connectivity index (χ0v) is 27.6. The van der Waals surface area contributed by atoms with Crippen LogP contribution in [0.15, 0.2) is 168 Å². The minimum absolute atomic E-state index is 0.598. The number of para-hydroxylation sites is 1. The third-order valence-corrected chi connectivity index (χ3v) is 10.5. The zero-order valence-electron chi connectivity index (χ0n) is 26.7. The summed E-state index contributed by atoms with van der Waals surface area (Å²) in [4.78, 5) is 15.5. The van der Waals surface area contributed by atoms with E-state index in [2.05, 4.69) is 133 Å². The summed E-state index contributed by atoms with van der Waals surface area (Å²) >= 11 is 1.79. The van der Waals surface area contributed by atoms with Gasteiger partial charge in [0.2, 0.25) is 0 Å². The molecule has 0 bridgehead atoms. The number of benzene rings is 7. The van der Waals surface area contributed by atoms with Gasteiger partial charge in [-0.3, -0.25) is 0 Å². The molecule has 0 amide bonds. The summed E-state index contributed by atoms with van der Waals surface area (Å²) in [5.74, 6) is 1.85. The zero-order chi connectivity index (χ0) is 33.0. The Bertz CT molecular complexity index is 2890. The van der Waals surface area contributed by atoms with E-state index in [1.54, 1.807) is 11.3 Å². The van der Waals surface area contributed by atoms with E-state index in [0.717, 1.165) is 55.1 Å². The van der Waals surface area contributed by atoms with Crippen molar-refractivity contribution in [3.05, 3.63) is 164 Å². The molecule has 0 N–H and O–H groups in total. The molecule has 0 spiro atoms. The van der Waals surface area contributed by atoms with Crippen LogP contribution in [-0.2, 0) is 0 Å². The summed E-state index contributed by atoms with van der Waals surface area (Å²) in [7, 11) is 0. The van der Waals surface area contributed by atoms with Crippen LogP contribution in [0, 0.1) is 0 Å². The molecule has 0 saturated carbocycles. The fourth-order valence-electron chi connectivity index (χ4n) is 6.93. The molecule has 50 heavy (non-hydrogen) atoms. The Hall–Kier alpha value is -6.43. The molecule has 0 aliphatic heterocycles. The van der Waals surface area contributed by atoms with Crippen molar-refractivity contribution in [2.24, 2.45) is 0 Å². The number of fused-ring (bicyclic) bond motifs is 6. The number of rotatable bonds is 5. The second-order valence-corrected chi connectivity index (χ2v) is 13.5. The first-order valence-corrected chi connectivity index (χ1v) is 17.4. The highest BCUT2D eigenvalue weighted by Crippen LogP contribution is 2.40. The van der Waals surface area contributed by atoms with Crippen molar-refractivity contribution in [1.82, 2.24) is 15.0 Å². The van der Waals surface area contributed by atoms with Gasteiger partial charge in [0.25, 0.3) is 0 Å². The minimum atomic E-state index is 0.598. The summed E-state index contributed by atoms with van der Waals surface area (Å²) in [5, 5.41) is 4.53. The van der Waals surface area contributed by atoms with E-state index in [1.165, 1.54) is 25.9 Å². The van der Waals surface area contributed by atoms with Crippen LogP contribution in [0.25, 0.3) is 98.5 Å². The van der Waals surface area contributed by atoms with E-state index < -0.39 is 0 Å². The quantitative estimate of drug-likeness (QED) is 0.185. The maximum absolute atomic E-state index is 6.28. The molecule has 7 aromatic carbocycles. The number of hydrogen-bond acceptors (Lipinski definition) is 5. The fraction of sp³-hybridized carbons (Fsp3) is 0. The molecule has 0 radical (unpaired) electrons. The second-order valence-electron chi connectivity index (χ2n) is 12.4. The van der Waals surface area contributed by atoms with Crippen molar-refractivity contribution in [2.45, 2.75) is 0 Å². The molecule has 0 unspecified atom stereocenters. The first-order valence-electron chi connectivity index (χ1n) is 16.6. The number of nitrogens with zero attached hydrogens (tertiary/aromatic N) is 3. The summed E-state index contributed by atoms with van der Waals surface area (Å²) in [6.07, 6.45) is 0. The van der Waals surface area contributed by atoms with Gasteiger partial charge in [-0.25, -0.2) is 15.0 Å². The summed E-state index contributed by atoms with van der Waals surface area (Å²) < 4.78 is 8.72. The molecule has 0 atom stereocenters. The topological polar surface area (TPSA) is 51.8 Å². The van der Waals surface area contributed by atoms with Crippen LogP contribution in [-0.4, -0.2) is 15.0 Å². The molecule has 0 aliphatic rings. The molecule has 0 saturated heterocycles. The highest BCUT2D eigenvalue weighted by Gasteiger charge is 2.18. The Kier molecular flexibility index (Phi) is 6.64. The van der Waals surface area contributed by atoms with Gasteiger partial charge in [0.1, 0.15) is 11.2 Å². The maximum atomic E-state index is 6.28. The van der Waals surface area contributed by atoms with Gasteiger partial charge in [-0.05, 0) is 64.7 Å². The van der Waals surface area contributed by atoms with E-state index in [0.29, 0.717) is 17.5 Å². The lowest BCUT2D eigenvalue weighted by Crippen LogP contribution is -2.00. The van der Waals surface area contributed by atoms with E-state index in [9.17, 15) is 0 Å². The van der Waals surface area contributed by atoms with Crippen molar-refractivity contribution in [2.75, 3.05) is 0 Å². The van der Waals surface area contributed by atoms with Crippen LogP contribution in [0.3, 0.4) is 0 Å². The van der Waals surface area contributed by atoms with E-state index in [1.807, 2.05) is 30.3 Å². The second kappa shape index (κ2) is 11.6. The molecule has 234 valence electrons. The largest absolute Gasteiger partial charge is 0.456 e. The van der Waals surface area contributed by atoms with Crippen molar-refractivity contribution < 1.29 is 4.42 Å². The molecule has 4 nitrogen and oxygen atoms in total. The first kappa shape index (κ1) is 28.6. The third-order valence-electron chi connectivity index (χ3n) is 9.34. The lowest BCUT2D eigenvalue weighted by atomic mass is 9.98. The van der Waals surface area contributed by atoms with Crippen LogP contribution in [0.4, 0.5) is 0 Å². The average molecular weight is 658 g/mol. The Morgan fingerprint density at radius 3 is 1.74 bits per heavy atom. The Balaban J connectivity index is 1.16. The van der Waals surface area contributed by atoms with Gasteiger partial charge in [0.05, 0.1) is 0 Å². The summed E-state index contributed by atoms with van der Waals surface area (Å²) in [6, 6.07) is 56.9. The lowest BCUT2D eigenvalue weighted by Gasteiger charge is -2.11. The normalized spacial score (nSPS) is 11.6. The molecule has 3 aromatic heterocycles. The van der Waals surface area contributed by atoms with Crippen LogP contribution < -0.4 is 0 Å². The Morgan fingerprint density at radius 1 is 0.360 bits per heavy atom. The maximum Gasteiger partial charge on any atom is 0.164 e.